The molecule has 1 aliphatic rings. The second-order valence-corrected chi connectivity index (χ2v) is 6.18. The molecule has 122 valence electrons. The summed E-state index contributed by atoms with van der Waals surface area (Å²) in [5.41, 5.74) is 4.66. The van der Waals surface area contributed by atoms with E-state index >= 15 is 0 Å². The van der Waals surface area contributed by atoms with Crippen LogP contribution in [0, 0.1) is 6.92 Å². The molecular formula is C18H24N4O. The number of nitrogens with zero attached hydrogens (tertiary/aromatic N) is 3. The van der Waals surface area contributed by atoms with Crippen LogP contribution in [0.15, 0.2) is 24.3 Å². The molecule has 0 fully saturated rings. The van der Waals surface area contributed by atoms with Crippen LogP contribution >= 0.6 is 0 Å². The standard InChI is InChI=1S/C18H24N4O/c1-4-9-22-17-8-10-21(14(3)23)12-16(17)18(20-22)19-15-7-5-6-13(2)11-15/h5-7,11H,4,8-10,12H2,1-3H3,(H,19,20). The minimum atomic E-state index is 0.125. The molecule has 1 N–H and O–H groups in total. The Morgan fingerprint density at radius 3 is 2.91 bits per heavy atom. The Hall–Kier alpha value is -2.30. The molecule has 2 heterocycles. The topological polar surface area (TPSA) is 50.2 Å². The number of nitrogens with one attached hydrogen (secondary N) is 1. The molecule has 0 radical (unpaired) electrons. The van der Waals surface area contributed by atoms with Crippen molar-refractivity contribution < 1.29 is 4.79 Å². The molecule has 5 nitrogen and oxygen atoms in total. The van der Waals surface area contributed by atoms with Crippen molar-refractivity contribution in [2.45, 2.75) is 46.7 Å². The van der Waals surface area contributed by atoms with Crippen molar-refractivity contribution in [3.8, 4) is 0 Å². The van der Waals surface area contributed by atoms with Crippen LogP contribution in [-0.2, 0) is 24.3 Å². The van der Waals surface area contributed by atoms with Gasteiger partial charge >= 0.3 is 0 Å². The number of carbonyl (C=O) groups excluding carboxylic acids is 1. The zero-order chi connectivity index (χ0) is 16.4. The van der Waals surface area contributed by atoms with Gasteiger partial charge < -0.3 is 10.2 Å². The summed E-state index contributed by atoms with van der Waals surface area (Å²) in [6, 6.07) is 8.27. The lowest BCUT2D eigenvalue weighted by molar-refractivity contribution is -0.129. The number of hydrogen-bond donors (Lipinski definition) is 1. The molecule has 0 saturated carbocycles. The molecule has 2 aromatic rings. The van der Waals surface area contributed by atoms with Crippen LogP contribution in [0.25, 0.3) is 0 Å². The number of aromatic nitrogens is 2. The molecule has 5 heteroatoms. The van der Waals surface area contributed by atoms with E-state index < -0.39 is 0 Å². The van der Waals surface area contributed by atoms with Gasteiger partial charge in [-0.25, -0.2) is 0 Å². The summed E-state index contributed by atoms with van der Waals surface area (Å²) < 4.78 is 2.10. The quantitative estimate of drug-likeness (QED) is 0.943. The van der Waals surface area contributed by atoms with E-state index in [1.165, 1.54) is 11.3 Å². The summed E-state index contributed by atoms with van der Waals surface area (Å²) >= 11 is 0. The van der Waals surface area contributed by atoms with Gasteiger partial charge in [-0.3, -0.25) is 9.48 Å². The van der Waals surface area contributed by atoms with Crippen LogP contribution in [0.1, 0.15) is 37.1 Å². The molecule has 1 aliphatic heterocycles. The van der Waals surface area contributed by atoms with Crippen molar-refractivity contribution in [1.29, 1.82) is 0 Å². The van der Waals surface area contributed by atoms with Crippen molar-refractivity contribution in [1.82, 2.24) is 14.7 Å². The number of carbonyl (C=O) groups is 1. The maximum atomic E-state index is 11.7. The Bertz CT molecular complexity index is 720. The Morgan fingerprint density at radius 1 is 1.39 bits per heavy atom. The first-order valence-corrected chi connectivity index (χ1v) is 8.26. The Kier molecular flexibility index (Phi) is 4.37. The minimum absolute atomic E-state index is 0.125. The second-order valence-electron chi connectivity index (χ2n) is 6.18. The van der Waals surface area contributed by atoms with Crippen LogP contribution in [0.4, 0.5) is 11.5 Å². The zero-order valence-electron chi connectivity index (χ0n) is 14.1. The van der Waals surface area contributed by atoms with Gasteiger partial charge in [-0.05, 0) is 31.0 Å². The van der Waals surface area contributed by atoms with E-state index in [0.29, 0.717) is 6.54 Å². The lowest BCUT2D eigenvalue weighted by Gasteiger charge is -2.26. The fraction of sp³-hybridized carbons (Fsp3) is 0.444. The highest BCUT2D eigenvalue weighted by Crippen LogP contribution is 2.29. The maximum absolute atomic E-state index is 11.7. The number of aryl methyl sites for hydroxylation is 2. The summed E-state index contributed by atoms with van der Waals surface area (Å²) in [7, 11) is 0. The molecule has 1 amide bonds. The first-order valence-electron chi connectivity index (χ1n) is 8.26. The molecule has 0 bridgehead atoms. The largest absolute Gasteiger partial charge is 0.338 e. The van der Waals surface area contributed by atoms with Gasteiger partial charge in [-0.1, -0.05) is 19.1 Å². The lowest BCUT2D eigenvalue weighted by atomic mass is 10.1. The monoisotopic (exact) mass is 312 g/mol. The van der Waals surface area contributed by atoms with Gasteiger partial charge in [0.25, 0.3) is 0 Å². The van der Waals surface area contributed by atoms with E-state index in [-0.39, 0.29) is 5.91 Å². The normalized spacial score (nSPS) is 13.8. The van der Waals surface area contributed by atoms with E-state index in [0.717, 1.165) is 43.0 Å². The van der Waals surface area contributed by atoms with Crippen molar-refractivity contribution in [2.24, 2.45) is 0 Å². The maximum Gasteiger partial charge on any atom is 0.219 e. The van der Waals surface area contributed by atoms with Gasteiger partial charge in [-0.2, -0.15) is 5.10 Å². The van der Waals surface area contributed by atoms with E-state index in [4.69, 9.17) is 5.10 Å². The predicted molar refractivity (Wildman–Crippen MR) is 91.8 cm³/mol. The van der Waals surface area contributed by atoms with E-state index in [2.05, 4.69) is 36.0 Å². The zero-order valence-corrected chi connectivity index (χ0v) is 14.1. The summed E-state index contributed by atoms with van der Waals surface area (Å²) in [6.07, 6.45) is 1.92. The molecule has 23 heavy (non-hydrogen) atoms. The molecule has 0 spiro atoms. The summed E-state index contributed by atoms with van der Waals surface area (Å²) in [4.78, 5) is 13.6. The molecule has 1 aromatic carbocycles. The van der Waals surface area contributed by atoms with Crippen LogP contribution < -0.4 is 5.32 Å². The summed E-state index contributed by atoms with van der Waals surface area (Å²) in [5.74, 6) is 1.00. The Labute approximate surface area is 137 Å². The average Bonchev–Trinajstić information content (AvgIpc) is 2.85. The first kappa shape index (κ1) is 15.6. The molecule has 0 unspecified atom stereocenters. The van der Waals surface area contributed by atoms with Crippen molar-refractivity contribution >= 4 is 17.4 Å². The summed E-state index contributed by atoms with van der Waals surface area (Å²) in [6.45, 7) is 8.21. The van der Waals surface area contributed by atoms with Gasteiger partial charge in [0.2, 0.25) is 5.91 Å². The number of benzene rings is 1. The van der Waals surface area contributed by atoms with Gasteiger partial charge in [0.1, 0.15) is 0 Å². The number of anilines is 2. The van der Waals surface area contributed by atoms with E-state index in [9.17, 15) is 4.79 Å². The minimum Gasteiger partial charge on any atom is -0.338 e. The number of fused-ring (bicyclic) bond motifs is 1. The van der Waals surface area contributed by atoms with E-state index in [1.807, 2.05) is 17.0 Å². The number of amides is 1. The second kappa shape index (κ2) is 6.44. The number of rotatable bonds is 4. The smallest absolute Gasteiger partial charge is 0.219 e. The van der Waals surface area contributed by atoms with Crippen LogP contribution in [-0.4, -0.2) is 27.1 Å². The third-order valence-corrected chi connectivity index (χ3v) is 4.30. The molecule has 0 aliphatic carbocycles. The van der Waals surface area contributed by atoms with Crippen molar-refractivity contribution in [3.05, 3.63) is 41.1 Å². The van der Waals surface area contributed by atoms with Gasteiger partial charge in [0, 0.05) is 43.4 Å². The fourth-order valence-corrected chi connectivity index (χ4v) is 3.12. The van der Waals surface area contributed by atoms with Crippen molar-refractivity contribution in [2.75, 3.05) is 11.9 Å². The van der Waals surface area contributed by atoms with Crippen LogP contribution in [0.3, 0.4) is 0 Å². The van der Waals surface area contributed by atoms with Crippen LogP contribution in [0.5, 0.6) is 0 Å². The summed E-state index contributed by atoms with van der Waals surface area (Å²) in [5, 5.41) is 8.21. The third-order valence-electron chi connectivity index (χ3n) is 4.30. The van der Waals surface area contributed by atoms with Crippen LogP contribution in [0.2, 0.25) is 0 Å². The SMILES string of the molecule is CCCn1nc(Nc2cccc(C)c2)c2c1CCN(C(C)=O)C2. The highest BCUT2D eigenvalue weighted by Gasteiger charge is 2.26. The number of hydrogen-bond acceptors (Lipinski definition) is 3. The molecule has 0 atom stereocenters. The Balaban J connectivity index is 1.94. The lowest BCUT2D eigenvalue weighted by Crippen LogP contribution is -2.34. The molecular weight excluding hydrogens is 288 g/mol. The van der Waals surface area contributed by atoms with Crippen molar-refractivity contribution in [3.63, 3.8) is 0 Å². The van der Waals surface area contributed by atoms with Gasteiger partial charge in [-0.15, -0.1) is 0 Å². The third kappa shape index (κ3) is 3.23. The average molecular weight is 312 g/mol. The predicted octanol–water partition coefficient (Wildman–Crippen LogP) is 3.25. The van der Waals surface area contributed by atoms with E-state index in [1.54, 1.807) is 6.92 Å². The van der Waals surface area contributed by atoms with Gasteiger partial charge in [0.05, 0.1) is 6.54 Å². The highest BCUT2D eigenvalue weighted by atomic mass is 16.2. The molecule has 3 rings (SSSR count). The van der Waals surface area contributed by atoms with Gasteiger partial charge in [0.15, 0.2) is 5.82 Å². The Morgan fingerprint density at radius 2 is 2.22 bits per heavy atom. The molecule has 1 aromatic heterocycles. The fourth-order valence-electron chi connectivity index (χ4n) is 3.12. The first-order chi connectivity index (χ1) is 11.1. The molecule has 0 saturated heterocycles. The highest BCUT2D eigenvalue weighted by molar-refractivity contribution is 5.74.